The number of carbonyl (C=O) groups excluding carboxylic acids is 1. The van der Waals surface area contributed by atoms with Gasteiger partial charge in [-0.2, -0.15) is 8.42 Å². The molecule has 1 aromatic carbocycles. The molecule has 1 aromatic heterocycles. The molecule has 0 amide bonds. The van der Waals surface area contributed by atoms with Crippen LogP contribution in [0.1, 0.15) is 10.4 Å². The first-order valence-electron chi connectivity index (χ1n) is 4.74. The summed E-state index contributed by atoms with van der Waals surface area (Å²) >= 11 is 0. The van der Waals surface area contributed by atoms with Gasteiger partial charge in [0.15, 0.2) is 0 Å². The number of hydrogen-bond acceptors (Lipinski definition) is 5. The van der Waals surface area contributed by atoms with Crippen LogP contribution >= 0.6 is 0 Å². The Morgan fingerprint density at radius 3 is 2.71 bits per heavy atom. The fourth-order valence-corrected chi connectivity index (χ4v) is 1.74. The monoisotopic (exact) mass is 251 g/mol. The van der Waals surface area contributed by atoms with E-state index in [1.165, 1.54) is 12.3 Å². The summed E-state index contributed by atoms with van der Waals surface area (Å²) in [7, 11) is -3.80. The average Bonchev–Trinajstić information content (AvgIpc) is 2.26. The lowest BCUT2D eigenvalue weighted by Crippen LogP contribution is -2.11. The second kappa shape index (κ2) is 4.14. The Hall–Kier alpha value is -1.95. The minimum Gasteiger partial charge on any atom is -0.341 e. The number of carbonyl (C=O) groups is 1. The normalized spacial score (nSPS) is 11.4. The van der Waals surface area contributed by atoms with Crippen molar-refractivity contribution in [3.63, 3.8) is 0 Å². The molecule has 0 spiro atoms. The van der Waals surface area contributed by atoms with Crippen molar-refractivity contribution in [3.8, 4) is 0 Å². The predicted octanol–water partition coefficient (Wildman–Crippen LogP) is 1.35. The Kier molecular flexibility index (Phi) is 2.81. The lowest BCUT2D eigenvalue weighted by Gasteiger charge is -2.02. The van der Waals surface area contributed by atoms with E-state index in [0.717, 1.165) is 17.2 Å². The molecule has 6 heteroatoms. The smallest absolute Gasteiger partial charge is 0.341 e. The number of aromatic nitrogens is 1. The van der Waals surface area contributed by atoms with E-state index in [9.17, 15) is 13.2 Å². The highest BCUT2D eigenvalue weighted by atomic mass is 32.2. The van der Waals surface area contributed by atoms with Crippen LogP contribution in [-0.2, 0) is 14.3 Å². The number of para-hydroxylation sites is 1. The van der Waals surface area contributed by atoms with E-state index in [2.05, 4.69) is 9.17 Å². The molecule has 0 radical (unpaired) electrons. The molecule has 0 unspecified atom stereocenters. The lowest BCUT2D eigenvalue weighted by atomic mass is 10.2. The maximum absolute atomic E-state index is 11.5. The third-order valence-corrected chi connectivity index (χ3v) is 2.51. The van der Waals surface area contributed by atoms with Gasteiger partial charge in [0.2, 0.25) is 0 Å². The van der Waals surface area contributed by atoms with E-state index in [-0.39, 0.29) is 5.56 Å². The zero-order valence-electron chi connectivity index (χ0n) is 8.95. The Balaban J connectivity index is 2.40. The topological polar surface area (TPSA) is 73.3 Å². The summed E-state index contributed by atoms with van der Waals surface area (Å²) in [6, 6.07) is 8.73. The Labute approximate surface area is 98.2 Å². The highest BCUT2D eigenvalue weighted by Crippen LogP contribution is 2.13. The summed E-state index contributed by atoms with van der Waals surface area (Å²) < 4.78 is 25.9. The zero-order valence-corrected chi connectivity index (χ0v) is 9.77. The number of fused-ring (bicyclic) bond motifs is 1. The third kappa shape index (κ3) is 2.79. The Morgan fingerprint density at radius 2 is 2.00 bits per heavy atom. The van der Waals surface area contributed by atoms with Crippen LogP contribution in [0.2, 0.25) is 0 Å². The van der Waals surface area contributed by atoms with Crippen LogP contribution in [-0.4, -0.2) is 25.6 Å². The summed E-state index contributed by atoms with van der Waals surface area (Å²) in [4.78, 5) is 15.5. The molecule has 1 heterocycles. The molecule has 88 valence electrons. The molecule has 0 fully saturated rings. The highest BCUT2D eigenvalue weighted by Gasteiger charge is 2.14. The first-order valence-corrected chi connectivity index (χ1v) is 6.56. The summed E-state index contributed by atoms with van der Waals surface area (Å²) in [6.07, 6.45) is 2.11. The van der Waals surface area contributed by atoms with E-state index in [1.807, 2.05) is 6.07 Å². The summed E-state index contributed by atoms with van der Waals surface area (Å²) in [6.45, 7) is 0. The molecule has 0 aliphatic rings. The molecule has 0 aliphatic heterocycles. The van der Waals surface area contributed by atoms with Crippen LogP contribution in [0.4, 0.5) is 0 Å². The van der Waals surface area contributed by atoms with Gasteiger partial charge >= 0.3 is 16.1 Å². The van der Waals surface area contributed by atoms with Crippen LogP contribution in [0.25, 0.3) is 10.9 Å². The Morgan fingerprint density at radius 1 is 1.29 bits per heavy atom. The van der Waals surface area contributed by atoms with Gasteiger partial charge in [-0.05, 0) is 12.1 Å². The molecule has 0 aliphatic carbocycles. The number of hydrogen-bond donors (Lipinski definition) is 0. The minimum absolute atomic E-state index is 0.106. The van der Waals surface area contributed by atoms with Crippen molar-refractivity contribution in [1.29, 1.82) is 0 Å². The third-order valence-electron chi connectivity index (χ3n) is 2.05. The van der Waals surface area contributed by atoms with Gasteiger partial charge in [-0.1, -0.05) is 18.2 Å². The maximum atomic E-state index is 11.5. The first-order chi connectivity index (χ1) is 7.96. The maximum Gasteiger partial charge on any atom is 0.355 e. The fourth-order valence-electron chi connectivity index (χ4n) is 1.37. The predicted molar refractivity (Wildman–Crippen MR) is 62.0 cm³/mol. The van der Waals surface area contributed by atoms with Crippen LogP contribution in [0.5, 0.6) is 0 Å². The number of rotatable bonds is 2. The molecular formula is C11H9NO4S. The highest BCUT2D eigenvalue weighted by molar-refractivity contribution is 7.86. The molecule has 2 rings (SSSR count). The van der Waals surface area contributed by atoms with Crippen LogP contribution < -0.4 is 0 Å². The van der Waals surface area contributed by atoms with Gasteiger partial charge < -0.3 is 4.18 Å². The molecular weight excluding hydrogens is 242 g/mol. The van der Waals surface area contributed by atoms with Crippen molar-refractivity contribution >= 4 is 27.0 Å². The van der Waals surface area contributed by atoms with Crippen LogP contribution in [0.15, 0.2) is 36.5 Å². The van der Waals surface area contributed by atoms with E-state index in [4.69, 9.17) is 0 Å². The quantitative estimate of drug-likeness (QED) is 0.753. The summed E-state index contributed by atoms with van der Waals surface area (Å²) in [5.41, 5.74) is 0.831. The van der Waals surface area contributed by atoms with Gasteiger partial charge in [-0.15, -0.1) is 0 Å². The van der Waals surface area contributed by atoms with E-state index < -0.39 is 16.1 Å². The largest absolute Gasteiger partial charge is 0.355 e. The lowest BCUT2D eigenvalue weighted by molar-refractivity contribution is 0.0748. The van der Waals surface area contributed by atoms with E-state index in [0.29, 0.717) is 0 Å². The van der Waals surface area contributed by atoms with Gasteiger partial charge in [0, 0.05) is 11.6 Å². The SMILES string of the molecule is CS(=O)(=O)OC(=O)c1cnc2ccccc2c1. The van der Waals surface area contributed by atoms with Crippen LogP contribution in [0, 0.1) is 0 Å². The first kappa shape index (κ1) is 11.5. The molecule has 5 nitrogen and oxygen atoms in total. The van der Waals surface area contributed by atoms with Crippen molar-refractivity contribution in [3.05, 3.63) is 42.1 Å². The van der Waals surface area contributed by atoms with E-state index >= 15 is 0 Å². The second-order valence-corrected chi connectivity index (χ2v) is 5.07. The van der Waals surface area contributed by atoms with E-state index in [1.54, 1.807) is 18.2 Å². The number of benzene rings is 1. The second-order valence-electron chi connectivity index (χ2n) is 3.49. The van der Waals surface area contributed by atoms with Crippen molar-refractivity contribution in [2.75, 3.05) is 6.26 Å². The number of nitrogens with zero attached hydrogens (tertiary/aromatic N) is 1. The van der Waals surface area contributed by atoms with Crippen LogP contribution in [0.3, 0.4) is 0 Å². The summed E-state index contributed by atoms with van der Waals surface area (Å²) in [5.74, 6) is -0.925. The van der Waals surface area contributed by atoms with Crippen molar-refractivity contribution < 1.29 is 17.4 Å². The zero-order chi connectivity index (χ0) is 12.5. The van der Waals surface area contributed by atoms with Crippen molar-refractivity contribution in [2.24, 2.45) is 0 Å². The van der Waals surface area contributed by atoms with Gasteiger partial charge in [0.05, 0.1) is 17.3 Å². The standard InChI is InChI=1S/C11H9NO4S/c1-17(14,15)16-11(13)9-6-8-4-2-3-5-10(8)12-7-9/h2-7H,1H3. The number of pyridine rings is 1. The minimum atomic E-state index is -3.80. The molecule has 0 atom stereocenters. The van der Waals surface area contributed by atoms with Gasteiger partial charge in [0.25, 0.3) is 0 Å². The Bertz CT molecular complexity index is 679. The fraction of sp³-hybridized carbons (Fsp3) is 0.0909. The average molecular weight is 251 g/mol. The summed E-state index contributed by atoms with van der Waals surface area (Å²) in [5, 5.41) is 0.746. The van der Waals surface area contributed by atoms with Gasteiger partial charge in [-0.3, -0.25) is 4.98 Å². The molecule has 0 bridgehead atoms. The molecule has 0 saturated heterocycles. The molecule has 17 heavy (non-hydrogen) atoms. The van der Waals surface area contributed by atoms with Crippen molar-refractivity contribution in [2.45, 2.75) is 0 Å². The molecule has 2 aromatic rings. The van der Waals surface area contributed by atoms with Crippen molar-refractivity contribution in [1.82, 2.24) is 4.98 Å². The molecule has 0 N–H and O–H groups in total. The van der Waals surface area contributed by atoms with Gasteiger partial charge in [0.1, 0.15) is 0 Å². The van der Waals surface area contributed by atoms with Gasteiger partial charge in [-0.25, -0.2) is 4.79 Å². The molecule has 0 saturated carbocycles.